The fourth-order valence-corrected chi connectivity index (χ4v) is 1.81. The minimum absolute atomic E-state index is 0.0508. The normalized spacial score (nSPS) is 11.4. The van der Waals surface area contributed by atoms with Gasteiger partial charge < -0.3 is 14.9 Å². The first-order valence-corrected chi connectivity index (χ1v) is 5.33. The summed E-state index contributed by atoms with van der Waals surface area (Å²) in [4.78, 5) is 13.1. The maximum atomic E-state index is 12.1. The largest absolute Gasteiger partial charge is 0.573 e. The first-order chi connectivity index (χ1) is 7.74. The van der Waals surface area contributed by atoms with E-state index in [0.717, 1.165) is 0 Å². The molecule has 0 aliphatic carbocycles. The Kier molecular flexibility index (Phi) is 3.91. The highest BCUT2D eigenvalue weighted by Gasteiger charge is 2.33. The fourth-order valence-electron chi connectivity index (χ4n) is 1.13. The molecule has 0 N–H and O–H groups in total. The first-order valence-electron chi connectivity index (χ1n) is 4.21. The van der Waals surface area contributed by atoms with E-state index in [4.69, 9.17) is 0 Å². The van der Waals surface area contributed by atoms with Crippen molar-refractivity contribution in [3.63, 3.8) is 0 Å². The maximum Gasteiger partial charge on any atom is 0.573 e. The lowest BCUT2D eigenvalue weighted by Gasteiger charge is -2.11. The van der Waals surface area contributed by atoms with Crippen LogP contribution in [0.5, 0.6) is 5.75 Å². The zero-order valence-corrected chi connectivity index (χ0v) is 10.0. The van der Waals surface area contributed by atoms with Gasteiger partial charge in [0.15, 0.2) is 5.69 Å². The molecule has 5 nitrogen and oxygen atoms in total. The second kappa shape index (κ2) is 4.86. The Morgan fingerprint density at radius 2 is 2.18 bits per heavy atom. The molecule has 94 valence electrons. The summed E-state index contributed by atoms with van der Waals surface area (Å²) in [7, 11) is 0. The van der Waals surface area contributed by atoms with E-state index in [2.05, 4.69) is 25.7 Å². The van der Waals surface area contributed by atoms with Crippen LogP contribution in [0.4, 0.5) is 19.0 Å². The van der Waals surface area contributed by atoms with Crippen LogP contribution in [-0.2, 0) is 5.33 Å². The van der Waals surface area contributed by atoms with E-state index in [1.165, 1.54) is 6.92 Å². The highest BCUT2D eigenvalue weighted by Crippen LogP contribution is 2.31. The van der Waals surface area contributed by atoms with Crippen LogP contribution < -0.4 is 4.74 Å². The average Bonchev–Trinajstić information content (AvgIpc) is 2.14. The molecular weight excluding hydrogens is 309 g/mol. The Morgan fingerprint density at radius 1 is 1.59 bits per heavy atom. The molecule has 0 fully saturated rings. The van der Waals surface area contributed by atoms with Gasteiger partial charge in [-0.05, 0) is 9.91 Å². The van der Waals surface area contributed by atoms with E-state index >= 15 is 0 Å². The topological polar surface area (TPSA) is 65.3 Å². The molecule has 0 saturated heterocycles. The van der Waals surface area contributed by atoms with Crippen LogP contribution in [0.3, 0.4) is 0 Å². The highest BCUT2D eigenvalue weighted by molar-refractivity contribution is 9.08. The number of halogens is 4. The van der Waals surface area contributed by atoms with Crippen molar-refractivity contribution in [3.05, 3.63) is 27.4 Å². The van der Waals surface area contributed by atoms with Crippen molar-refractivity contribution in [2.75, 3.05) is 0 Å². The molecule has 0 atom stereocenters. The van der Waals surface area contributed by atoms with Gasteiger partial charge in [0, 0.05) is 12.3 Å². The molecule has 0 amide bonds. The van der Waals surface area contributed by atoms with Crippen LogP contribution in [0.25, 0.3) is 0 Å². The number of nitro groups is 1. The monoisotopic (exact) mass is 314 g/mol. The number of ether oxygens (including phenoxy) is 1. The Hall–Kier alpha value is -1.38. The molecule has 0 bridgehead atoms. The van der Waals surface area contributed by atoms with Crippen LogP contribution in [0.1, 0.15) is 11.3 Å². The van der Waals surface area contributed by atoms with Gasteiger partial charge in [-0.3, -0.25) is 0 Å². The second-order valence-corrected chi connectivity index (χ2v) is 3.54. The molecule has 0 radical (unpaired) electrons. The molecule has 1 rings (SSSR count). The third-order valence-corrected chi connectivity index (χ3v) is 2.38. The first kappa shape index (κ1) is 13.7. The molecule has 0 spiro atoms. The summed E-state index contributed by atoms with van der Waals surface area (Å²) in [6.45, 7) is 1.37. The molecule has 1 aromatic rings. The maximum absolute atomic E-state index is 12.1. The van der Waals surface area contributed by atoms with Crippen molar-refractivity contribution >= 4 is 21.7 Å². The van der Waals surface area contributed by atoms with E-state index in [1.54, 1.807) is 0 Å². The molecule has 0 unspecified atom stereocenters. The Bertz CT molecular complexity index is 450. The van der Waals surface area contributed by atoms with Gasteiger partial charge in [-0.1, -0.05) is 15.9 Å². The Morgan fingerprint density at radius 3 is 2.59 bits per heavy atom. The zero-order valence-electron chi connectivity index (χ0n) is 8.42. The van der Waals surface area contributed by atoms with Gasteiger partial charge in [0.05, 0.1) is 11.6 Å². The van der Waals surface area contributed by atoms with Crippen molar-refractivity contribution in [2.24, 2.45) is 0 Å². The van der Waals surface area contributed by atoms with E-state index in [0.29, 0.717) is 6.07 Å². The number of nitrogens with zero attached hydrogens (tertiary/aromatic N) is 2. The van der Waals surface area contributed by atoms with E-state index < -0.39 is 22.9 Å². The van der Waals surface area contributed by atoms with Gasteiger partial charge >= 0.3 is 12.2 Å². The number of hydrogen-bond acceptors (Lipinski definition) is 4. The summed E-state index contributed by atoms with van der Waals surface area (Å²) in [6.07, 6.45) is -4.90. The van der Waals surface area contributed by atoms with Crippen LogP contribution in [-0.4, -0.2) is 16.3 Å². The summed E-state index contributed by atoms with van der Waals surface area (Å²) < 4.78 is 40.0. The molecule has 0 aromatic carbocycles. The summed E-state index contributed by atoms with van der Waals surface area (Å²) in [5.41, 5.74) is 0.225. The molecule has 1 aromatic heterocycles. The van der Waals surface area contributed by atoms with Gasteiger partial charge in [-0.2, -0.15) is 0 Å². The smallest absolute Gasteiger partial charge is 0.405 e. The predicted molar refractivity (Wildman–Crippen MR) is 54.9 cm³/mol. The van der Waals surface area contributed by atoms with E-state index in [-0.39, 0.29) is 16.6 Å². The van der Waals surface area contributed by atoms with E-state index in [9.17, 15) is 23.3 Å². The number of aryl methyl sites for hydroxylation is 1. The summed E-state index contributed by atoms with van der Waals surface area (Å²) in [5, 5.41) is 10.5. The lowest BCUT2D eigenvalue weighted by Crippen LogP contribution is -2.18. The minimum atomic E-state index is -4.90. The lowest BCUT2D eigenvalue weighted by molar-refractivity contribution is -0.389. The minimum Gasteiger partial charge on any atom is -0.405 e. The van der Waals surface area contributed by atoms with Crippen molar-refractivity contribution in [1.29, 1.82) is 0 Å². The lowest BCUT2D eigenvalue weighted by atomic mass is 10.2. The summed E-state index contributed by atoms with van der Waals surface area (Å²) in [5.74, 6) is -1.31. The number of alkyl halides is 4. The second-order valence-electron chi connectivity index (χ2n) is 2.98. The van der Waals surface area contributed by atoms with Gasteiger partial charge in [0.1, 0.15) is 5.75 Å². The molecule has 1 heterocycles. The van der Waals surface area contributed by atoms with Crippen molar-refractivity contribution in [3.8, 4) is 5.75 Å². The molecule has 9 heteroatoms. The molecule has 0 saturated carbocycles. The number of rotatable bonds is 3. The highest BCUT2D eigenvalue weighted by atomic mass is 79.9. The van der Waals surface area contributed by atoms with Crippen molar-refractivity contribution in [1.82, 2.24) is 4.98 Å². The van der Waals surface area contributed by atoms with Crippen LogP contribution in [0.15, 0.2) is 6.07 Å². The van der Waals surface area contributed by atoms with Gasteiger partial charge in [-0.25, -0.2) is 0 Å². The van der Waals surface area contributed by atoms with Crippen molar-refractivity contribution in [2.45, 2.75) is 18.6 Å². The third-order valence-electron chi connectivity index (χ3n) is 1.82. The molecule has 17 heavy (non-hydrogen) atoms. The Labute approximate surface area is 102 Å². The average molecular weight is 315 g/mol. The predicted octanol–water partition coefficient (Wildman–Crippen LogP) is 3.09. The van der Waals surface area contributed by atoms with E-state index in [1.807, 2.05) is 0 Å². The molecule has 0 aliphatic rings. The van der Waals surface area contributed by atoms with Crippen LogP contribution >= 0.6 is 15.9 Å². The zero-order chi connectivity index (χ0) is 13.2. The molecule has 0 aliphatic heterocycles. The summed E-state index contributed by atoms with van der Waals surface area (Å²) in [6, 6.07) is 0.650. The van der Waals surface area contributed by atoms with Gasteiger partial charge in [0.2, 0.25) is 0 Å². The number of hydrogen-bond donors (Lipinski definition) is 0. The molecular formula is C8H6BrF3N2O3. The standard InChI is InChI=1S/C8H6BrF3N2O3/c1-4-5(3-9)6(17-8(10,11)12)2-7(13-4)14(15)16/h2H,3H2,1H3. The Balaban J connectivity index is 3.29. The van der Waals surface area contributed by atoms with Crippen molar-refractivity contribution < 1.29 is 22.8 Å². The van der Waals surface area contributed by atoms with Gasteiger partial charge in [-0.15, -0.1) is 13.2 Å². The third kappa shape index (κ3) is 3.55. The SMILES string of the molecule is Cc1nc([N+](=O)[O-])cc(OC(F)(F)F)c1CBr. The van der Waals surface area contributed by atoms with Crippen LogP contribution in [0.2, 0.25) is 0 Å². The number of aromatic nitrogens is 1. The number of pyridine rings is 1. The quantitative estimate of drug-likeness (QED) is 0.488. The summed E-state index contributed by atoms with van der Waals surface area (Å²) >= 11 is 2.97. The fraction of sp³-hybridized carbons (Fsp3) is 0.375. The van der Waals surface area contributed by atoms with Gasteiger partial charge in [0.25, 0.3) is 0 Å². The van der Waals surface area contributed by atoms with Crippen LogP contribution in [0, 0.1) is 17.0 Å².